The number of halogens is 1. The molecule has 0 aliphatic carbocycles. The lowest BCUT2D eigenvalue weighted by molar-refractivity contribution is 0.414. The van der Waals surface area contributed by atoms with Gasteiger partial charge in [-0.05, 0) is 65.0 Å². The first-order valence-electron chi connectivity index (χ1n) is 8.49. The summed E-state index contributed by atoms with van der Waals surface area (Å²) in [6.45, 7) is 0.979. The number of aromatic nitrogens is 2. The zero-order valence-electron chi connectivity index (χ0n) is 14.1. The van der Waals surface area contributed by atoms with Crippen LogP contribution in [-0.4, -0.2) is 23.4 Å². The van der Waals surface area contributed by atoms with Gasteiger partial charge in [-0.25, -0.2) is 4.68 Å². The van der Waals surface area contributed by atoms with Gasteiger partial charge in [0.1, 0.15) is 11.6 Å². The number of hydrogen-bond acceptors (Lipinski definition) is 3. The van der Waals surface area contributed by atoms with E-state index in [-0.39, 0.29) is 0 Å². The van der Waals surface area contributed by atoms with E-state index < -0.39 is 0 Å². The minimum atomic E-state index is 0.895. The van der Waals surface area contributed by atoms with Gasteiger partial charge in [-0.3, -0.25) is 0 Å². The molecule has 0 unspecified atom stereocenters. The van der Waals surface area contributed by atoms with Crippen molar-refractivity contribution in [1.82, 2.24) is 9.78 Å². The van der Waals surface area contributed by atoms with E-state index in [1.165, 1.54) is 16.8 Å². The fraction of sp³-hybridized carbons (Fsp3) is 0.250. The van der Waals surface area contributed by atoms with Crippen LogP contribution in [0.4, 0.5) is 5.82 Å². The van der Waals surface area contributed by atoms with Crippen LogP contribution in [0.15, 0.2) is 53.0 Å². The predicted octanol–water partition coefficient (Wildman–Crippen LogP) is 4.40. The first-order valence-corrected chi connectivity index (χ1v) is 9.28. The highest BCUT2D eigenvalue weighted by Gasteiger charge is 2.23. The molecular weight excluding hydrogens is 378 g/mol. The van der Waals surface area contributed by atoms with E-state index >= 15 is 0 Å². The summed E-state index contributed by atoms with van der Waals surface area (Å²) in [5.41, 5.74) is 4.91. The van der Waals surface area contributed by atoms with Gasteiger partial charge in [0.2, 0.25) is 0 Å². The topological polar surface area (TPSA) is 39.1 Å². The molecule has 0 spiro atoms. The number of hydrogen-bond donors (Lipinski definition) is 1. The predicted molar refractivity (Wildman–Crippen MR) is 104 cm³/mol. The number of fused-ring (bicyclic) bond motifs is 1. The van der Waals surface area contributed by atoms with Gasteiger partial charge in [0.15, 0.2) is 0 Å². The van der Waals surface area contributed by atoms with Crippen LogP contribution in [0.25, 0.3) is 5.69 Å². The fourth-order valence-corrected chi connectivity index (χ4v) is 3.75. The molecule has 0 saturated heterocycles. The lowest BCUT2D eigenvalue weighted by Crippen LogP contribution is -2.06. The van der Waals surface area contributed by atoms with Crippen LogP contribution in [-0.2, 0) is 19.3 Å². The molecule has 0 fully saturated rings. The molecule has 1 aromatic heterocycles. The van der Waals surface area contributed by atoms with Crippen molar-refractivity contribution < 1.29 is 4.74 Å². The van der Waals surface area contributed by atoms with Crippen LogP contribution in [0.3, 0.4) is 0 Å². The van der Waals surface area contributed by atoms with Crippen molar-refractivity contribution in [3.05, 3.63) is 69.8 Å². The van der Waals surface area contributed by atoms with Crippen LogP contribution < -0.4 is 10.1 Å². The number of methoxy groups -OCH3 is 1. The molecule has 4 nitrogen and oxygen atoms in total. The molecule has 0 amide bonds. The monoisotopic (exact) mass is 397 g/mol. The maximum Gasteiger partial charge on any atom is 0.133 e. The quantitative estimate of drug-likeness (QED) is 0.693. The lowest BCUT2D eigenvalue weighted by atomic mass is 10.1. The minimum absolute atomic E-state index is 0.895. The Labute approximate surface area is 156 Å². The third kappa shape index (κ3) is 3.16. The summed E-state index contributed by atoms with van der Waals surface area (Å²) >= 11 is 3.64. The van der Waals surface area contributed by atoms with Gasteiger partial charge in [-0.2, -0.15) is 5.10 Å². The smallest absolute Gasteiger partial charge is 0.133 e. The van der Waals surface area contributed by atoms with Gasteiger partial charge < -0.3 is 10.1 Å². The number of nitrogens with one attached hydrogen (secondary N) is 1. The van der Waals surface area contributed by atoms with Crippen LogP contribution in [0.1, 0.15) is 16.8 Å². The van der Waals surface area contributed by atoms with E-state index in [9.17, 15) is 0 Å². The second kappa shape index (κ2) is 6.92. The summed E-state index contributed by atoms with van der Waals surface area (Å²) in [6.07, 6.45) is 2.95. The van der Waals surface area contributed by atoms with Gasteiger partial charge in [0, 0.05) is 16.6 Å². The van der Waals surface area contributed by atoms with E-state index in [2.05, 4.69) is 45.5 Å². The third-order valence-electron chi connectivity index (χ3n) is 4.62. The summed E-state index contributed by atoms with van der Waals surface area (Å²) in [5, 5.41) is 8.40. The van der Waals surface area contributed by atoms with Crippen LogP contribution in [0.5, 0.6) is 5.75 Å². The summed E-state index contributed by atoms with van der Waals surface area (Å²) in [6, 6.07) is 16.5. The Morgan fingerprint density at radius 2 is 1.92 bits per heavy atom. The highest BCUT2D eigenvalue weighted by atomic mass is 79.9. The van der Waals surface area contributed by atoms with Crippen molar-refractivity contribution in [2.24, 2.45) is 0 Å². The molecule has 1 N–H and O–H groups in total. The Hall–Kier alpha value is -2.27. The Morgan fingerprint density at radius 1 is 1.12 bits per heavy atom. The average Bonchev–Trinajstić information content (AvgIpc) is 3.24. The Bertz CT molecular complexity index is 886. The van der Waals surface area contributed by atoms with Crippen molar-refractivity contribution in [1.29, 1.82) is 0 Å². The van der Waals surface area contributed by atoms with Gasteiger partial charge >= 0.3 is 0 Å². The van der Waals surface area contributed by atoms with Crippen molar-refractivity contribution in [2.45, 2.75) is 19.3 Å². The fourth-order valence-electron chi connectivity index (χ4n) is 3.30. The average molecular weight is 398 g/mol. The van der Waals surface area contributed by atoms with Crippen LogP contribution >= 0.6 is 15.9 Å². The Kier molecular flexibility index (Phi) is 4.49. The zero-order valence-corrected chi connectivity index (χ0v) is 15.7. The van der Waals surface area contributed by atoms with Crippen molar-refractivity contribution in [3.8, 4) is 11.4 Å². The molecule has 0 radical (unpaired) electrons. The molecule has 0 bridgehead atoms. The Balaban J connectivity index is 1.60. The van der Waals surface area contributed by atoms with Crippen LogP contribution in [0.2, 0.25) is 0 Å². The molecule has 0 atom stereocenters. The largest absolute Gasteiger partial charge is 0.497 e. The normalized spacial score (nSPS) is 12.7. The molecule has 0 saturated carbocycles. The van der Waals surface area contributed by atoms with E-state index in [0.29, 0.717) is 0 Å². The molecule has 5 heteroatoms. The van der Waals surface area contributed by atoms with E-state index in [0.717, 1.165) is 47.5 Å². The SMILES string of the molecule is COc1ccc(CCc2nn(-c3ccccc3Br)c3c2CCN3)cc1. The molecule has 1 aliphatic rings. The molecule has 2 aromatic carbocycles. The molecule has 2 heterocycles. The first-order chi connectivity index (χ1) is 12.3. The van der Waals surface area contributed by atoms with Crippen molar-refractivity contribution >= 4 is 21.7 Å². The number of aryl methyl sites for hydroxylation is 2. The molecule has 25 heavy (non-hydrogen) atoms. The van der Waals surface area contributed by atoms with E-state index in [4.69, 9.17) is 9.84 Å². The highest BCUT2D eigenvalue weighted by molar-refractivity contribution is 9.10. The molecule has 3 aromatic rings. The summed E-state index contributed by atoms with van der Waals surface area (Å²) in [5.74, 6) is 2.03. The van der Waals surface area contributed by atoms with Crippen molar-refractivity contribution in [3.63, 3.8) is 0 Å². The van der Waals surface area contributed by atoms with Crippen molar-refractivity contribution in [2.75, 3.05) is 19.0 Å². The first kappa shape index (κ1) is 16.2. The van der Waals surface area contributed by atoms with Gasteiger partial charge in [0.05, 0.1) is 18.5 Å². The van der Waals surface area contributed by atoms with E-state index in [1.807, 2.05) is 28.9 Å². The minimum Gasteiger partial charge on any atom is -0.497 e. The summed E-state index contributed by atoms with van der Waals surface area (Å²) in [4.78, 5) is 0. The lowest BCUT2D eigenvalue weighted by Gasteiger charge is -2.08. The van der Waals surface area contributed by atoms with Gasteiger partial charge in [0.25, 0.3) is 0 Å². The summed E-state index contributed by atoms with van der Waals surface area (Å²) in [7, 11) is 1.69. The second-order valence-corrected chi connectivity index (χ2v) is 7.02. The molecule has 128 valence electrons. The standard InChI is InChI=1S/C20H20BrN3O/c1-25-15-9-6-14(7-10-15)8-11-18-16-12-13-22-20(16)24(23-18)19-5-3-2-4-17(19)21/h2-7,9-10,22H,8,11-13H2,1H3. The van der Waals surface area contributed by atoms with Gasteiger partial charge in [-0.1, -0.05) is 24.3 Å². The van der Waals surface area contributed by atoms with Crippen LogP contribution in [0, 0.1) is 0 Å². The zero-order chi connectivity index (χ0) is 17.2. The summed E-state index contributed by atoms with van der Waals surface area (Å²) < 4.78 is 8.32. The number of para-hydroxylation sites is 1. The number of anilines is 1. The maximum absolute atomic E-state index is 5.23. The third-order valence-corrected chi connectivity index (χ3v) is 5.29. The second-order valence-electron chi connectivity index (χ2n) is 6.16. The Morgan fingerprint density at radius 3 is 2.68 bits per heavy atom. The number of ether oxygens (including phenoxy) is 1. The number of benzene rings is 2. The molecule has 4 rings (SSSR count). The van der Waals surface area contributed by atoms with E-state index in [1.54, 1.807) is 7.11 Å². The maximum atomic E-state index is 5.23. The molecular formula is C20H20BrN3O. The number of nitrogens with zero attached hydrogens (tertiary/aromatic N) is 2. The highest BCUT2D eigenvalue weighted by Crippen LogP contribution is 2.32. The van der Waals surface area contributed by atoms with Gasteiger partial charge in [-0.15, -0.1) is 0 Å². The molecule has 1 aliphatic heterocycles. The number of rotatable bonds is 5.